The normalized spacial score (nSPS) is 13.1. The molecule has 0 bridgehead atoms. The third-order valence-electron chi connectivity index (χ3n) is 1.11. The lowest BCUT2D eigenvalue weighted by Crippen LogP contribution is -2.03. The molecule has 1 saturated heterocycles. The number of methoxy groups -OCH3 is 1. The van der Waals surface area contributed by atoms with Crippen LogP contribution < -0.4 is 0 Å². The number of hydrogen-bond donors (Lipinski definition) is 0. The van der Waals surface area contributed by atoms with Crippen LogP contribution in [-0.4, -0.2) is 39.2 Å². The quantitative estimate of drug-likeness (QED) is 0.635. The number of ether oxygens (including phenoxy) is 4. The van der Waals surface area contributed by atoms with E-state index in [1.54, 1.807) is 0 Å². The molecule has 0 unspecified atom stereocenters. The van der Waals surface area contributed by atoms with Crippen LogP contribution in [0.25, 0.3) is 0 Å². The molecule has 6 nitrogen and oxygen atoms in total. The molecule has 1 rings (SSSR count). The highest BCUT2D eigenvalue weighted by atomic mass is 16.8. The number of cyclic esters (lactones) is 2. The Kier molecular flexibility index (Phi) is 7.30. The number of carbonyl (C=O) groups excluding carboxylic acids is 2. The largest absolute Gasteiger partial charge is 0.508 e. The van der Waals surface area contributed by atoms with Crippen LogP contribution in [0.4, 0.5) is 9.59 Å². The smallest absolute Gasteiger partial charge is 0.438 e. The Morgan fingerprint density at radius 2 is 2.00 bits per heavy atom. The number of rotatable bonds is 2. The molecule has 0 spiro atoms. The first-order chi connectivity index (χ1) is 6.70. The Morgan fingerprint density at radius 3 is 2.29 bits per heavy atom. The fourth-order valence-corrected chi connectivity index (χ4v) is 0.536. The third kappa shape index (κ3) is 7.20. The molecule has 0 aromatic heterocycles. The zero-order valence-electron chi connectivity index (χ0n) is 8.28. The zero-order valence-corrected chi connectivity index (χ0v) is 8.28. The van der Waals surface area contributed by atoms with Gasteiger partial charge in [0.1, 0.15) is 13.2 Å². The summed E-state index contributed by atoms with van der Waals surface area (Å²) < 4.78 is 17.3. The van der Waals surface area contributed by atoms with Crippen molar-refractivity contribution in [3.8, 4) is 0 Å². The Morgan fingerprint density at radius 1 is 1.43 bits per heavy atom. The Balaban J connectivity index is 0.000000249. The lowest BCUT2D eigenvalue weighted by Gasteiger charge is -1.97. The molecule has 14 heavy (non-hydrogen) atoms. The molecule has 82 valence electrons. The lowest BCUT2D eigenvalue weighted by molar-refractivity contribution is 0.0728. The molecule has 0 atom stereocenters. The van der Waals surface area contributed by atoms with Gasteiger partial charge in [0.05, 0.1) is 13.7 Å². The van der Waals surface area contributed by atoms with E-state index in [1.165, 1.54) is 7.11 Å². The van der Waals surface area contributed by atoms with Crippen molar-refractivity contribution in [2.75, 3.05) is 26.9 Å². The van der Waals surface area contributed by atoms with Gasteiger partial charge in [-0.25, -0.2) is 9.59 Å². The lowest BCUT2D eigenvalue weighted by atomic mass is 10.5. The average molecular weight is 206 g/mol. The summed E-state index contributed by atoms with van der Waals surface area (Å²) in [4.78, 5) is 19.9. The Hall–Kier alpha value is -1.46. The minimum atomic E-state index is -0.605. The Bertz CT molecular complexity index is 171. The standard InChI is InChI=1S/C5H10O3.C3H4O3/c1-3-4-8-5(6)7-2;4-3-5-1-2-6-3/h3-4H2,1-2H3;1-2H2. The molecule has 1 aliphatic heterocycles. The molecule has 0 N–H and O–H groups in total. The van der Waals surface area contributed by atoms with E-state index in [0.717, 1.165) is 6.42 Å². The summed E-state index contributed by atoms with van der Waals surface area (Å²) in [5.74, 6) is 0. The van der Waals surface area contributed by atoms with Crippen LogP contribution in [0.5, 0.6) is 0 Å². The fourth-order valence-electron chi connectivity index (χ4n) is 0.536. The van der Waals surface area contributed by atoms with E-state index in [2.05, 4.69) is 18.9 Å². The van der Waals surface area contributed by atoms with Crippen molar-refractivity contribution < 1.29 is 28.5 Å². The van der Waals surface area contributed by atoms with Crippen molar-refractivity contribution in [2.45, 2.75) is 13.3 Å². The van der Waals surface area contributed by atoms with Crippen molar-refractivity contribution >= 4 is 12.3 Å². The van der Waals surface area contributed by atoms with Crippen molar-refractivity contribution in [2.24, 2.45) is 0 Å². The highest BCUT2D eigenvalue weighted by Gasteiger charge is 2.09. The fraction of sp³-hybridized carbons (Fsp3) is 0.750. The van der Waals surface area contributed by atoms with Crippen LogP contribution in [0.2, 0.25) is 0 Å². The van der Waals surface area contributed by atoms with Crippen molar-refractivity contribution in [3.05, 3.63) is 0 Å². The molecule has 1 fully saturated rings. The maximum atomic E-state index is 10.1. The molecular formula is C8H14O6. The summed E-state index contributed by atoms with van der Waals surface area (Å²) in [5.41, 5.74) is 0. The third-order valence-corrected chi connectivity index (χ3v) is 1.11. The predicted molar refractivity (Wildman–Crippen MR) is 45.9 cm³/mol. The van der Waals surface area contributed by atoms with E-state index >= 15 is 0 Å². The predicted octanol–water partition coefficient (Wildman–Crippen LogP) is 1.33. The van der Waals surface area contributed by atoms with Gasteiger partial charge in [-0.3, -0.25) is 0 Å². The van der Waals surface area contributed by atoms with Crippen LogP contribution in [-0.2, 0) is 18.9 Å². The second-order valence-corrected chi connectivity index (χ2v) is 2.25. The highest BCUT2D eigenvalue weighted by Crippen LogP contribution is 1.92. The zero-order chi connectivity index (χ0) is 10.8. The minimum absolute atomic E-state index is 0.416. The molecule has 0 saturated carbocycles. The van der Waals surface area contributed by atoms with Crippen molar-refractivity contribution in [1.29, 1.82) is 0 Å². The van der Waals surface area contributed by atoms with E-state index in [1.807, 2.05) is 6.92 Å². The average Bonchev–Trinajstić information content (AvgIpc) is 2.66. The van der Waals surface area contributed by atoms with Crippen molar-refractivity contribution in [1.82, 2.24) is 0 Å². The summed E-state index contributed by atoms with van der Waals surface area (Å²) in [6.07, 6.45) is -0.323. The van der Waals surface area contributed by atoms with E-state index in [0.29, 0.717) is 19.8 Å². The molecule has 6 heteroatoms. The number of hydrogen-bond acceptors (Lipinski definition) is 6. The monoisotopic (exact) mass is 206 g/mol. The van der Waals surface area contributed by atoms with Gasteiger partial charge in [0, 0.05) is 0 Å². The van der Waals surface area contributed by atoms with E-state index in [-0.39, 0.29) is 0 Å². The topological polar surface area (TPSA) is 71.1 Å². The van der Waals surface area contributed by atoms with Crippen LogP contribution in [0.1, 0.15) is 13.3 Å². The van der Waals surface area contributed by atoms with Gasteiger partial charge in [0.2, 0.25) is 0 Å². The van der Waals surface area contributed by atoms with Crippen LogP contribution in [0.15, 0.2) is 0 Å². The molecule has 0 amide bonds. The minimum Gasteiger partial charge on any atom is -0.438 e. The van der Waals surface area contributed by atoms with Crippen LogP contribution >= 0.6 is 0 Å². The molecule has 0 aromatic rings. The highest BCUT2D eigenvalue weighted by molar-refractivity contribution is 5.61. The van der Waals surface area contributed by atoms with E-state index < -0.39 is 12.3 Å². The van der Waals surface area contributed by atoms with Gasteiger partial charge in [-0.1, -0.05) is 6.92 Å². The van der Waals surface area contributed by atoms with Crippen LogP contribution in [0, 0.1) is 0 Å². The maximum Gasteiger partial charge on any atom is 0.508 e. The summed E-state index contributed by atoms with van der Waals surface area (Å²) in [7, 11) is 1.29. The van der Waals surface area contributed by atoms with Gasteiger partial charge >= 0.3 is 12.3 Å². The van der Waals surface area contributed by atoms with Gasteiger partial charge in [0.25, 0.3) is 0 Å². The van der Waals surface area contributed by atoms with Gasteiger partial charge < -0.3 is 18.9 Å². The summed E-state index contributed by atoms with van der Waals surface area (Å²) in [6, 6.07) is 0. The second-order valence-electron chi connectivity index (χ2n) is 2.25. The SMILES string of the molecule is CCCOC(=O)OC.O=C1OCCO1. The second kappa shape index (κ2) is 8.15. The number of carbonyl (C=O) groups is 2. The first-order valence-corrected chi connectivity index (χ1v) is 4.21. The van der Waals surface area contributed by atoms with Gasteiger partial charge in [-0.15, -0.1) is 0 Å². The maximum absolute atomic E-state index is 10.1. The van der Waals surface area contributed by atoms with Crippen LogP contribution in [0.3, 0.4) is 0 Å². The van der Waals surface area contributed by atoms with E-state index in [9.17, 15) is 9.59 Å². The first kappa shape index (κ1) is 12.5. The van der Waals surface area contributed by atoms with Gasteiger partial charge in [0.15, 0.2) is 0 Å². The molecular weight excluding hydrogens is 192 g/mol. The molecule has 1 aliphatic rings. The summed E-state index contributed by atoms with van der Waals surface area (Å²) in [6.45, 7) is 3.19. The Labute approximate surface area is 82.1 Å². The van der Waals surface area contributed by atoms with Crippen molar-refractivity contribution in [3.63, 3.8) is 0 Å². The molecule has 0 aliphatic carbocycles. The molecule has 0 aromatic carbocycles. The first-order valence-electron chi connectivity index (χ1n) is 4.21. The summed E-state index contributed by atoms with van der Waals surface area (Å²) in [5, 5.41) is 0. The van der Waals surface area contributed by atoms with Gasteiger partial charge in [-0.2, -0.15) is 0 Å². The molecule has 1 heterocycles. The molecule has 0 radical (unpaired) electrons. The van der Waals surface area contributed by atoms with Gasteiger partial charge in [-0.05, 0) is 6.42 Å². The summed E-state index contributed by atoms with van der Waals surface area (Å²) >= 11 is 0. The van der Waals surface area contributed by atoms with E-state index in [4.69, 9.17) is 0 Å².